The van der Waals surface area contributed by atoms with Crippen LogP contribution >= 0.6 is 0 Å². The Labute approximate surface area is 246 Å². The molecule has 2 rings (SSSR count). The predicted octanol–water partition coefficient (Wildman–Crippen LogP) is 11.9. The van der Waals surface area contributed by atoms with E-state index in [4.69, 9.17) is 9.47 Å². The van der Waals surface area contributed by atoms with E-state index >= 15 is 0 Å². The fraction of sp³-hybridized carbons (Fsp3) is 0.676. The Balaban J connectivity index is -0.000000617. The van der Waals surface area contributed by atoms with E-state index in [-0.39, 0.29) is 22.3 Å². The minimum atomic E-state index is 0. The molecule has 228 valence electrons. The van der Waals surface area contributed by atoms with Crippen LogP contribution in [0.1, 0.15) is 137 Å². The molecule has 2 heteroatoms. The lowest BCUT2D eigenvalue weighted by Gasteiger charge is -2.04. The highest BCUT2D eigenvalue weighted by Crippen LogP contribution is 2.07. The van der Waals surface area contributed by atoms with E-state index in [1.807, 2.05) is 0 Å². The minimum absolute atomic E-state index is 0. The zero-order chi connectivity index (χ0) is 25.8. The monoisotopic (exact) mass is 545 g/mol. The average Bonchev–Trinajstić information content (AvgIpc) is 2.92. The summed E-state index contributed by atoms with van der Waals surface area (Å²) in [6.45, 7) is 8.28. The summed E-state index contributed by atoms with van der Waals surface area (Å²) >= 11 is 0. The summed E-state index contributed by atoms with van der Waals surface area (Å²) < 4.78 is 11.3. The van der Waals surface area contributed by atoms with Crippen LogP contribution in [0.5, 0.6) is 0 Å². The number of ether oxygens (including phenoxy) is 2. The highest BCUT2D eigenvalue weighted by Gasteiger charge is 1.95. The Morgan fingerprint density at radius 2 is 0.692 bits per heavy atom. The van der Waals surface area contributed by atoms with Gasteiger partial charge in [0.2, 0.25) is 0 Å². The van der Waals surface area contributed by atoms with E-state index in [0.29, 0.717) is 0 Å². The summed E-state index contributed by atoms with van der Waals surface area (Å²) in [7, 11) is 0. The average molecular weight is 545 g/mol. The van der Waals surface area contributed by atoms with Crippen LogP contribution in [-0.4, -0.2) is 26.4 Å². The number of aryl methyl sites for hydroxylation is 2. The topological polar surface area (TPSA) is 18.5 Å². The first-order valence-corrected chi connectivity index (χ1v) is 15.1. The van der Waals surface area contributed by atoms with Crippen molar-refractivity contribution < 1.29 is 9.47 Å². The minimum Gasteiger partial charge on any atom is -0.381 e. The number of unbranched alkanes of at least 4 members (excludes halogenated alkanes) is 10. The maximum atomic E-state index is 5.65. The molecule has 0 aliphatic carbocycles. The third-order valence-electron chi connectivity index (χ3n) is 6.48. The molecule has 2 aromatic rings. The summed E-state index contributed by atoms with van der Waals surface area (Å²) in [5.74, 6) is 0. The van der Waals surface area contributed by atoms with Crippen molar-refractivity contribution in [2.45, 2.75) is 139 Å². The molecule has 0 amide bonds. The van der Waals surface area contributed by atoms with Crippen molar-refractivity contribution in [1.82, 2.24) is 0 Å². The molecule has 0 bridgehead atoms. The first-order valence-electron chi connectivity index (χ1n) is 15.1. The fourth-order valence-electron chi connectivity index (χ4n) is 4.18. The number of hydrogen-bond acceptors (Lipinski definition) is 2. The quantitative estimate of drug-likeness (QED) is 0.137. The molecule has 0 N–H and O–H groups in total. The van der Waals surface area contributed by atoms with Gasteiger partial charge in [-0.05, 0) is 62.5 Å². The molecule has 0 heterocycles. The van der Waals surface area contributed by atoms with Crippen molar-refractivity contribution in [2.24, 2.45) is 0 Å². The largest absolute Gasteiger partial charge is 0.381 e. The second-order valence-electron chi connectivity index (χ2n) is 9.94. The summed E-state index contributed by atoms with van der Waals surface area (Å²) in [5, 5.41) is 0. The van der Waals surface area contributed by atoms with Gasteiger partial charge in [-0.2, -0.15) is 0 Å². The van der Waals surface area contributed by atoms with E-state index in [9.17, 15) is 0 Å². The molecule has 0 atom stereocenters. The molecule has 39 heavy (non-hydrogen) atoms. The number of benzene rings is 2. The van der Waals surface area contributed by atoms with Crippen LogP contribution in [0.15, 0.2) is 60.7 Å². The van der Waals surface area contributed by atoms with Crippen molar-refractivity contribution in [3.63, 3.8) is 0 Å². The molecule has 0 fully saturated rings. The van der Waals surface area contributed by atoms with Crippen LogP contribution in [0, 0.1) is 0 Å². The summed E-state index contributed by atoms with van der Waals surface area (Å²) in [4.78, 5) is 0. The van der Waals surface area contributed by atoms with Gasteiger partial charge in [-0.1, -0.05) is 148 Å². The van der Waals surface area contributed by atoms with Crippen LogP contribution in [-0.2, 0) is 22.3 Å². The summed E-state index contributed by atoms with van der Waals surface area (Å²) in [6, 6.07) is 21.4. The molecule has 0 saturated carbocycles. The van der Waals surface area contributed by atoms with Gasteiger partial charge in [-0.3, -0.25) is 0 Å². The second kappa shape index (κ2) is 34.4. The highest BCUT2D eigenvalue weighted by molar-refractivity contribution is 5.15. The molecule has 0 aromatic heterocycles. The molecular weight excluding hydrogens is 476 g/mol. The molecule has 0 radical (unpaired) electrons. The Morgan fingerprint density at radius 1 is 0.385 bits per heavy atom. The molecule has 2 nitrogen and oxygen atoms in total. The lowest BCUT2D eigenvalue weighted by molar-refractivity contribution is 0.126. The SMILES string of the molecule is C.C.C.CCCCCCCOCCCCc1ccccc1.CCCCCCCOCCCCc1ccccc1. The smallest absolute Gasteiger partial charge is 0.0466 e. The molecule has 0 saturated heterocycles. The van der Waals surface area contributed by atoms with Gasteiger partial charge in [-0.25, -0.2) is 0 Å². The summed E-state index contributed by atoms with van der Waals surface area (Å²) in [6.07, 6.45) is 20.5. The van der Waals surface area contributed by atoms with E-state index < -0.39 is 0 Å². The van der Waals surface area contributed by atoms with Gasteiger partial charge in [0.25, 0.3) is 0 Å². The van der Waals surface area contributed by atoms with Crippen LogP contribution in [0.4, 0.5) is 0 Å². The Hall–Kier alpha value is -1.64. The van der Waals surface area contributed by atoms with Gasteiger partial charge in [0.05, 0.1) is 0 Å². The first kappa shape index (κ1) is 41.8. The van der Waals surface area contributed by atoms with Crippen molar-refractivity contribution in [3.8, 4) is 0 Å². The number of hydrogen-bond donors (Lipinski definition) is 0. The van der Waals surface area contributed by atoms with Gasteiger partial charge in [0.15, 0.2) is 0 Å². The van der Waals surface area contributed by atoms with Crippen molar-refractivity contribution in [3.05, 3.63) is 71.8 Å². The highest BCUT2D eigenvalue weighted by atomic mass is 16.5. The zero-order valence-corrected chi connectivity index (χ0v) is 23.7. The normalized spacial score (nSPS) is 9.90. The van der Waals surface area contributed by atoms with Crippen LogP contribution in [0.3, 0.4) is 0 Å². The van der Waals surface area contributed by atoms with Gasteiger partial charge in [0.1, 0.15) is 0 Å². The molecule has 2 aromatic carbocycles. The van der Waals surface area contributed by atoms with Gasteiger partial charge >= 0.3 is 0 Å². The second-order valence-corrected chi connectivity index (χ2v) is 9.94. The standard InChI is InChI=1S/2C17H28O.3CH4/c2*1-2-3-4-5-10-15-18-16-11-9-14-17-12-7-6-8-13-17;;;/h2*6-8,12-13H,2-5,9-11,14-16H2,1H3;3*1H4. The van der Waals surface area contributed by atoms with E-state index in [1.165, 1.54) is 114 Å². The van der Waals surface area contributed by atoms with E-state index in [0.717, 1.165) is 26.4 Å². The Bertz CT molecular complexity index is 596. The third kappa shape index (κ3) is 29.2. The predicted molar refractivity (Wildman–Crippen MR) is 178 cm³/mol. The number of rotatable bonds is 22. The van der Waals surface area contributed by atoms with Crippen LogP contribution in [0.25, 0.3) is 0 Å². The van der Waals surface area contributed by atoms with Gasteiger partial charge in [-0.15, -0.1) is 0 Å². The molecule has 0 spiro atoms. The van der Waals surface area contributed by atoms with Crippen molar-refractivity contribution >= 4 is 0 Å². The van der Waals surface area contributed by atoms with E-state index in [2.05, 4.69) is 74.5 Å². The van der Waals surface area contributed by atoms with Crippen LogP contribution in [0.2, 0.25) is 0 Å². The van der Waals surface area contributed by atoms with Gasteiger partial charge in [0, 0.05) is 26.4 Å². The molecule has 0 aliphatic rings. The van der Waals surface area contributed by atoms with E-state index in [1.54, 1.807) is 0 Å². The first-order chi connectivity index (χ1) is 17.9. The maximum absolute atomic E-state index is 5.65. The fourth-order valence-corrected chi connectivity index (χ4v) is 4.18. The lowest BCUT2D eigenvalue weighted by atomic mass is 10.1. The lowest BCUT2D eigenvalue weighted by Crippen LogP contribution is -1.98. The maximum Gasteiger partial charge on any atom is 0.0466 e. The zero-order valence-electron chi connectivity index (χ0n) is 23.7. The Kier molecular flexibility index (Phi) is 36.9. The van der Waals surface area contributed by atoms with Crippen molar-refractivity contribution in [2.75, 3.05) is 26.4 Å². The summed E-state index contributed by atoms with van der Waals surface area (Å²) in [5.41, 5.74) is 2.88. The van der Waals surface area contributed by atoms with Crippen molar-refractivity contribution in [1.29, 1.82) is 0 Å². The molecular formula is C37H68O2. The molecule has 0 unspecified atom stereocenters. The molecule has 0 aliphatic heterocycles. The van der Waals surface area contributed by atoms with Crippen LogP contribution < -0.4 is 0 Å². The third-order valence-corrected chi connectivity index (χ3v) is 6.48. The Morgan fingerprint density at radius 3 is 1.03 bits per heavy atom. The van der Waals surface area contributed by atoms with Gasteiger partial charge < -0.3 is 9.47 Å².